The third-order valence-electron chi connectivity index (χ3n) is 11.1. The zero-order chi connectivity index (χ0) is 22.0. The minimum atomic E-state index is -0.212. The van der Waals surface area contributed by atoms with Crippen LogP contribution in [0, 0.1) is 52.3 Å². The minimum absolute atomic E-state index is 0.174. The summed E-state index contributed by atoms with van der Waals surface area (Å²) >= 11 is 0. The first kappa shape index (κ1) is 21.8. The van der Waals surface area contributed by atoms with E-state index in [0.717, 1.165) is 37.9 Å². The highest BCUT2D eigenvalue weighted by atomic mass is 16.3. The van der Waals surface area contributed by atoms with Gasteiger partial charge in [0.25, 0.3) is 0 Å². The number of aliphatic hydroxyl groups excluding tert-OH is 2. The summed E-state index contributed by atoms with van der Waals surface area (Å²) in [5.41, 5.74) is 0.574. The highest BCUT2D eigenvalue weighted by molar-refractivity contribution is 5.13. The Bertz CT molecular complexity index is 772. The number of aromatic amines is 1. The fraction of sp³-hybridized carbons (Fsp3) is 0.960. The quantitative estimate of drug-likeness (QED) is 0.671. The molecule has 0 aliphatic heterocycles. The first-order valence-corrected chi connectivity index (χ1v) is 12.9. The molecule has 6 nitrogen and oxygen atoms in total. The van der Waals surface area contributed by atoms with Crippen molar-refractivity contribution in [1.29, 1.82) is 0 Å². The van der Waals surface area contributed by atoms with Crippen molar-refractivity contribution in [3.8, 4) is 0 Å². The van der Waals surface area contributed by atoms with E-state index in [0.29, 0.717) is 46.8 Å². The fourth-order valence-electron chi connectivity index (χ4n) is 9.65. The van der Waals surface area contributed by atoms with Crippen LogP contribution in [-0.2, 0) is 6.42 Å². The first-order valence-electron chi connectivity index (χ1n) is 12.9. The molecule has 1 aromatic heterocycles. The van der Waals surface area contributed by atoms with Crippen molar-refractivity contribution in [1.82, 2.24) is 20.6 Å². The Morgan fingerprint density at radius 1 is 1.03 bits per heavy atom. The molecule has 0 unspecified atom stereocenters. The lowest BCUT2D eigenvalue weighted by molar-refractivity contribution is -0.203. The van der Waals surface area contributed by atoms with Crippen molar-refractivity contribution in [2.24, 2.45) is 52.3 Å². The highest BCUT2D eigenvalue weighted by Crippen LogP contribution is 2.69. The van der Waals surface area contributed by atoms with Gasteiger partial charge in [-0.05, 0) is 108 Å². The number of nitrogens with one attached hydrogen (secondary N) is 1. The number of aliphatic hydroxyl groups is 2. The average Bonchev–Trinajstić information content (AvgIpc) is 3.36. The lowest BCUT2D eigenvalue weighted by Gasteiger charge is -2.64. The van der Waals surface area contributed by atoms with Crippen LogP contribution in [0.1, 0.15) is 84.9 Å². The van der Waals surface area contributed by atoms with E-state index in [4.69, 9.17) is 0 Å². The van der Waals surface area contributed by atoms with Crippen LogP contribution in [0.2, 0.25) is 0 Å². The monoisotopic (exact) mass is 430 g/mol. The summed E-state index contributed by atoms with van der Waals surface area (Å²) in [6.45, 7) is 9.68. The van der Waals surface area contributed by atoms with Gasteiger partial charge in [-0.25, -0.2) is 5.10 Å². The van der Waals surface area contributed by atoms with E-state index in [1.807, 2.05) is 0 Å². The van der Waals surface area contributed by atoms with Gasteiger partial charge in [-0.15, -0.1) is 5.10 Å². The van der Waals surface area contributed by atoms with E-state index in [1.165, 1.54) is 25.7 Å². The van der Waals surface area contributed by atoms with Gasteiger partial charge in [0.1, 0.15) is 5.82 Å². The molecule has 5 rings (SSSR count). The molecule has 31 heavy (non-hydrogen) atoms. The van der Waals surface area contributed by atoms with Gasteiger partial charge in [-0.2, -0.15) is 0 Å². The fourth-order valence-corrected chi connectivity index (χ4v) is 9.65. The summed E-state index contributed by atoms with van der Waals surface area (Å²) < 4.78 is 0. The summed E-state index contributed by atoms with van der Waals surface area (Å²) in [6.07, 6.45) is 9.53. The zero-order valence-electron chi connectivity index (χ0n) is 19.8. The number of hydrogen-bond donors (Lipinski definition) is 3. The van der Waals surface area contributed by atoms with Crippen molar-refractivity contribution in [3.05, 3.63) is 5.82 Å². The smallest absolute Gasteiger partial charge is 0.148 e. The molecule has 1 heterocycles. The molecule has 0 bridgehead atoms. The Labute approximate surface area is 187 Å². The summed E-state index contributed by atoms with van der Waals surface area (Å²) in [5, 5.41) is 36.8. The molecule has 4 aliphatic carbocycles. The molecule has 6 heteroatoms. The number of H-pyrrole nitrogens is 1. The van der Waals surface area contributed by atoms with Crippen molar-refractivity contribution in [2.75, 3.05) is 0 Å². The number of hydrogen-bond acceptors (Lipinski definition) is 5. The Hall–Kier alpha value is -1.01. The van der Waals surface area contributed by atoms with Crippen molar-refractivity contribution >= 4 is 0 Å². The predicted molar refractivity (Wildman–Crippen MR) is 119 cm³/mol. The van der Waals surface area contributed by atoms with Crippen LogP contribution in [0.4, 0.5) is 0 Å². The molecule has 4 saturated carbocycles. The van der Waals surface area contributed by atoms with Gasteiger partial charge in [0.2, 0.25) is 0 Å². The van der Waals surface area contributed by atoms with E-state index < -0.39 is 0 Å². The molecular formula is C25H42N4O2. The SMILES string of the molecule is CC[C@H]1[C@@H](O)[C@@H]2[C@H](CC[C@]3(C)[C@@H]([C@H](C)Cc4nnn[nH]4)CC[C@@H]23)[C@@]2(C)CC[C@@H](O)C[C@@H]12. The molecule has 11 atom stereocenters. The normalized spacial score (nSPS) is 50.4. The van der Waals surface area contributed by atoms with Crippen LogP contribution < -0.4 is 0 Å². The van der Waals surface area contributed by atoms with Crippen LogP contribution in [0.15, 0.2) is 0 Å². The van der Waals surface area contributed by atoms with E-state index in [2.05, 4.69) is 48.3 Å². The molecule has 3 N–H and O–H groups in total. The van der Waals surface area contributed by atoms with Crippen LogP contribution in [-0.4, -0.2) is 43.0 Å². The second-order valence-corrected chi connectivity index (χ2v) is 12.2. The topological polar surface area (TPSA) is 94.9 Å². The number of fused-ring (bicyclic) bond motifs is 5. The number of rotatable bonds is 4. The summed E-state index contributed by atoms with van der Waals surface area (Å²) in [7, 11) is 0. The summed E-state index contributed by atoms with van der Waals surface area (Å²) in [6, 6.07) is 0. The molecule has 0 radical (unpaired) electrons. The Morgan fingerprint density at radius 2 is 1.77 bits per heavy atom. The highest BCUT2D eigenvalue weighted by Gasteiger charge is 2.64. The molecular weight excluding hydrogens is 388 g/mol. The molecule has 0 aromatic carbocycles. The van der Waals surface area contributed by atoms with Crippen molar-refractivity contribution in [2.45, 2.75) is 97.7 Å². The summed E-state index contributed by atoms with van der Waals surface area (Å²) in [4.78, 5) is 0. The molecule has 0 amide bonds. The Morgan fingerprint density at radius 3 is 2.48 bits per heavy atom. The van der Waals surface area contributed by atoms with Crippen LogP contribution in [0.3, 0.4) is 0 Å². The van der Waals surface area contributed by atoms with Crippen molar-refractivity contribution < 1.29 is 10.2 Å². The second kappa shape index (κ2) is 7.79. The first-order chi connectivity index (χ1) is 14.8. The van der Waals surface area contributed by atoms with Gasteiger partial charge >= 0.3 is 0 Å². The second-order valence-electron chi connectivity index (χ2n) is 12.2. The van der Waals surface area contributed by atoms with Gasteiger partial charge < -0.3 is 10.2 Å². The lowest BCUT2D eigenvalue weighted by Crippen LogP contribution is -2.62. The average molecular weight is 431 g/mol. The molecule has 174 valence electrons. The van der Waals surface area contributed by atoms with Crippen LogP contribution >= 0.6 is 0 Å². The maximum atomic E-state index is 11.8. The van der Waals surface area contributed by atoms with Gasteiger partial charge in [0, 0.05) is 6.42 Å². The van der Waals surface area contributed by atoms with E-state index in [1.54, 1.807) is 0 Å². The standard InChI is InChI=1S/C25H42N4O2/c1-5-16-20-13-15(30)8-10-25(20,4)19-9-11-24(3)17(6-7-18(24)22(19)23(16)31)14(2)12-21-26-28-29-27-21/h14-20,22-23,30-31H,5-13H2,1-4H3,(H,26,27,28,29)/t14-,15-,16-,17-,18+,19+,20+,22+,23-,24-,25-/m1/s1. The van der Waals surface area contributed by atoms with E-state index >= 15 is 0 Å². The largest absolute Gasteiger partial charge is 0.393 e. The molecule has 0 saturated heterocycles. The van der Waals surface area contributed by atoms with Crippen molar-refractivity contribution in [3.63, 3.8) is 0 Å². The molecule has 1 aromatic rings. The molecule has 4 fully saturated rings. The minimum Gasteiger partial charge on any atom is -0.393 e. The van der Waals surface area contributed by atoms with Gasteiger partial charge in [0.05, 0.1) is 12.2 Å². The number of aromatic nitrogens is 4. The van der Waals surface area contributed by atoms with Gasteiger partial charge in [-0.1, -0.05) is 34.1 Å². The lowest BCUT2D eigenvalue weighted by atomic mass is 9.41. The molecule has 4 aliphatic rings. The molecule has 0 spiro atoms. The summed E-state index contributed by atoms with van der Waals surface area (Å²) in [5.74, 6) is 4.54. The van der Waals surface area contributed by atoms with Crippen LogP contribution in [0.5, 0.6) is 0 Å². The zero-order valence-corrected chi connectivity index (χ0v) is 19.8. The van der Waals surface area contributed by atoms with E-state index in [9.17, 15) is 10.2 Å². The Kier molecular flexibility index (Phi) is 5.48. The van der Waals surface area contributed by atoms with Gasteiger partial charge in [0.15, 0.2) is 0 Å². The predicted octanol–water partition coefficient (Wildman–Crippen LogP) is 4.01. The number of nitrogens with zero attached hydrogens (tertiary/aromatic N) is 3. The van der Waals surface area contributed by atoms with Gasteiger partial charge in [-0.3, -0.25) is 0 Å². The Balaban J connectivity index is 1.43. The maximum Gasteiger partial charge on any atom is 0.148 e. The van der Waals surface area contributed by atoms with E-state index in [-0.39, 0.29) is 17.6 Å². The third-order valence-corrected chi connectivity index (χ3v) is 11.1. The third kappa shape index (κ3) is 3.22. The maximum absolute atomic E-state index is 11.8. The van der Waals surface area contributed by atoms with Crippen LogP contribution in [0.25, 0.3) is 0 Å². The number of tetrazole rings is 1.